The fourth-order valence-corrected chi connectivity index (χ4v) is 14.6. The smallest absolute Gasteiger partial charge is 0.118 e. The highest BCUT2D eigenvalue weighted by Gasteiger charge is 2.37. The van der Waals surface area contributed by atoms with E-state index in [0.29, 0.717) is 56.6 Å². The third-order valence-electron chi connectivity index (χ3n) is 21.3. The van der Waals surface area contributed by atoms with Gasteiger partial charge in [-0.1, -0.05) is 275 Å². The van der Waals surface area contributed by atoms with Gasteiger partial charge in [0, 0.05) is 33.3 Å². The maximum Gasteiger partial charge on any atom is 0.118 e. The fraction of sp³-hybridized carbons (Fsp3) is 0.340. The van der Waals surface area contributed by atoms with Gasteiger partial charge in [-0.3, -0.25) is 0 Å². The average molecular weight is 1370 g/mol. The molecule has 2 aliphatic rings. The van der Waals surface area contributed by atoms with Crippen LogP contribution in [-0.2, 0) is 43.3 Å². The number of rotatable bonds is 4. The van der Waals surface area contributed by atoms with Crippen LogP contribution in [0.1, 0.15) is 211 Å². The van der Waals surface area contributed by atoms with Gasteiger partial charge in [-0.15, -0.1) is 0 Å². The Morgan fingerprint density at radius 3 is 0.625 bits per heavy atom. The monoisotopic (exact) mass is 1370 g/mol. The molecule has 0 atom stereocenters. The standard InChI is InChI=1S/C94H100N10/c1-87(2,3)55-39-51(40-56(47-55)88(4,5)6)71-69-37-38-70(95-69)72(52-41-57(89(7,8)9)48-58(42-52)90(10,11)12)76-82-84(99-66-34-28-26-32-64(66)97-82)78(103-76)74(54-45-61(93(19,20)21)50-62(46-54)94(22,23)24)80-86-85(100-67-35-29-30-36-68(67)101-86)79(104-80)73(53-43-59(91(13,14)15)49-60(44-53)92(16,17)18)77-83-81(75(71)102-77)96-63-31-25-27-33-65(63)98-83/h25-50,95,104H,1-24H3. The molecule has 8 bridgehead atoms. The van der Waals surface area contributed by atoms with Crippen molar-refractivity contribution in [3.8, 4) is 90.1 Å². The number of benzene rings is 7. The number of aromatic nitrogens is 10. The van der Waals surface area contributed by atoms with Crippen LogP contribution in [0.3, 0.4) is 0 Å². The molecule has 0 spiro atoms. The highest BCUT2D eigenvalue weighted by Crippen LogP contribution is 2.53. The molecule has 104 heavy (non-hydrogen) atoms. The summed E-state index contributed by atoms with van der Waals surface area (Å²) >= 11 is 0. The number of aromatic amines is 2. The van der Waals surface area contributed by atoms with E-state index >= 15 is 0 Å². The molecule has 0 fully saturated rings. The zero-order valence-electron chi connectivity index (χ0n) is 65.6. The minimum absolute atomic E-state index is 0.241. The molecule has 13 aromatic rings. The maximum absolute atomic E-state index is 6.32. The van der Waals surface area contributed by atoms with Crippen LogP contribution in [0.4, 0.5) is 0 Å². The SMILES string of the molecule is CC(C)(C)c1cc(-c2c3nc(c(-c4cc(C(C)(C)C)cc(C(C)(C)C)c4)c4[nH]c(c(-c5cc(C(C)(C)C)cc(C(C)(C)C)c5)c5nc(c(-c6cc(C(C)(C)C)cc(C(C)(C)C)c6)c6ccc2[nH]6)-c2nc6ccccc6nc2-5)c2nc5ccccc5nc42)-c2nc4ccccc4nc2-3)cc(C(C)(C)C)c1. The molecule has 0 amide bonds. The number of hydrogen-bond acceptors (Lipinski definition) is 8. The molecule has 7 aromatic carbocycles. The second-order valence-electron chi connectivity index (χ2n) is 37.7. The summed E-state index contributed by atoms with van der Waals surface area (Å²) in [5.41, 5.74) is 29.2. The lowest BCUT2D eigenvalue weighted by molar-refractivity contribution is 0.568. The van der Waals surface area contributed by atoms with E-state index in [9.17, 15) is 0 Å². The third kappa shape index (κ3) is 12.4. The van der Waals surface area contributed by atoms with E-state index in [1.54, 1.807) is 0 Å². The van der Waals surface area contributed by atoms with E-state index in [0.717, 1.165) is 99.7 Å². The van der Waals surface area contributed by atoms with Crippen LogP contribution in [0.5, 0.6) is 0 Å². The summed E-state index contributed by atoms with van der Waals surface area (Å²) in [6.07, 6.45) is 0. The van der Waals surface area contributed by atoms with Crippen molar-refractivity contribution in [2.45, 2.75) is 209 Å². The largest absolute Gasteiger partial charge is 0.354 e. The molecule has 15 rings (SSSR count). The molecule has 0 radical (unpaired) electrons. The average Bonchev–Trinajstić information content (AvgIpc) is 1.55. The van der Waals surface area contributed by atoms with Gasteiger partial charge in [-0.05, 0) is 159 Å². The summed E-state index contributed by atoms with van der Waals surface area (Å²) in [7, 11) is 0. The quantitative estimate of drug-likeness (QED) is 0.178. The van der Waals surface area contributed by atoms with Gasteiger partial charge in [0.25, 0.3) is 0 Å². The molecule has 0 saturated carbocycles. The van der Waals surface area contributed by atoms with Crippen molar-refractivity contribution < 1.29 is 0 Å². The number of fused-ring (bicyclic) bond motifs is 20. The van der Waals surface area contributed by atoms with Crippen LogP contribution in [-0.4, -0.2) is 49.8 Å². The van der Waals surface area contributed by atoms with Crippen molar-refractivity contribution in [2.24, 2.45) is 0 Å². The van der Waals surface area contributed by atoms with Crippen molar-refractivity contribution in [3.63, 3.8) is 0 Å². The Morgan fingerprint density at radius 2 is 0.404 bits per heavy atom. The second-order valence-corrected chi connectivity index (χ2v) is 37.7. The van der Waals surface area contributed by atoms with Gasteiger partial charge in [0.05, 0.1) is 44.1 Å². The first-order valence-electron chi connectivity index (χ1n) is 37.1. The van der Waals surface area contributed by atoms with Gasteiger partial charge in [0.2, 0.25) is 0 Å². The van der Waals surface area contributed by atoms with Gasteiger partial charge in [-0.2, -0.15) is 0 Å². The van der Waals surface area contributed by atoms with Crippen molar-refractivity contribution >= 4 is 66.2 Å². The Bertz CT molecular complexity index is 5450. The van der Waals surface area contributed by atoms with Crippen molar-refractivity contribution in [3.05, 3.63) is 202 Å². The van der Waals surface area contributed by atoms with Crippen LogP contribution >= 0.6 is 0 Å². The lowest BCUT2D eigenvalue weighted by Gasteiger charge is -2.26. The first-order chi connectivity index (χ1) is 48.5. The molecule has 2 aliphatic heterocycles. The second kappa shape index (κ2) is 23.7. The molecular weight excluding hydrogens is 1270 g/mol. The van der Waals surface area contributed by atoms with Gasteiger partial charge < -0.3 is 9.97 Å². The highest BCUT2D eigenvalue weighted by molar-refractivity contribution is 6.17. The molecule has 10 heteroatoms. The maximum atomic E-state index is 6.32. The molecule has 2 N–H and O–H groups in total. The summed E-state index contributed by atoms with van der Waals surface area (Å²) < 4.78 is 0. The number of nitrogens with zero attached hydrogens (tertiary/aromatic N) is 8. The Balaban J connectivity index is 1.32. The lowest BCUT2D eigenvalue weighted by atomic mass is 9.78. The highest BCUT2D eigenvalue weighted by atomic mass is 15.0. The van der Waals surface area contributed by atoms with E-state index in [2.05, 4.69) is 334 Å². The van der Waals surface area contributed by atoms with E-state index in [1.807, 2.05) is 0 Å². The predicted octanol–water partition coefficient (Wildman–Crippen LogP) is 25.0. The zero-order valence-corrected chi connectivity index (χ0v) is 65.6. The van der Waals surface area contributed by atoms with Gasteiger partial charge in [-0.25, -0.2) is 39.9 Å². The van der Waals surface area contributed by atoms with Gasteiger partial charge >= 0.3 is 0 Å². The summed E-state index contributed by atoms with van der Waals surface area (Å²) in [4.78, 5) is 56.4. The Hall–Kier alpha value is -10.1. The number of nitrogens with one attached hydrogen (secondary N) is 2. The molecule has 6 aromatic heterocycles. The van der Waals surface area contributed by atoms with Crippen LogP contribution in [0.25, 0.3) is 156 Å². The van der Waals surface area contributed by atoms with Crippen molar-refractivity contribution in [1.29, 1.82) is 0 Å². The Labute approximate surface area is 614 Å². The molecular formula is C94H100N10. The fourth-order valence-electron chi connectivity index (χ4n) is 14.6. The van der Waals surface area contributed by atoms with Crippen molar-refractivity contribution in [2.75, 3.05) is 0 Å². The number of H-pyrrole nitrogens is 2. The summed E-state index contributed by atoms with van der Waals surface area (Å²) in [5.74, 6) is 0. The molecule has 10 nitrogen and oxygen atoms in total. The predicted molar refractivity (Wildman–Crippen MR) is 438 cm³/mol. The van der Waals surface area contributed by atoms with Gasteiger partial charge in [0.15, 0.2) is 0 Å². The van der Waals surface area contributed by atoms with Crippen LogP contribution in [0.15, 0.2) is 158 Å². The summed E-state index contributed by atoms with van der Waals surface area (Å²) in [6, 6.07) is 57.9. The minimum atomic E-state index is -0.277. The topological polar surface area (TPSA) is 135 Å². The number of hydrogen-bond donors (Lipinski definition) is 2. The summed E-state index contributed by atoms with van der Waals surface area (Å²) in [5, 5.41) is 0. The zero-order chi connectivity index (χ0) is 74.2. The van der Waals surface area contributed by atoms with Crippen LogP contribution < -0.4 is 0 Å². The van der Waals surface area contributed by atoms with Crippen LogP contribution in [0.2, 0.25) is 0 Å². The van der Waals surface area contributed by atoms with Crippen LogP contribution in [0, 0.1) is 0 Å². The molecule has 0 unspecified atom stereocenters. The molecule has 8 heterocycles. The Morgan fingerprint density at radius 1 is 0.202 bits per heavy atom. The molecule has 0 saturated heterocycles. The molecule has 0 aliphatic carbocycles. The molecule has 526 valence electrons. The Kier molecular flexibility index (Phi) is 15.9. The lowest BCUT2D eigenvalue weighted by Crippen LogP contribution is -2.16. The third-order valence-corrected chi connectivity index (χ3v) is 21.3. The number of para-hydroxylation sites is 6. The van der Waals surface area contributed by atoms with Crippen molar-refractivity contribution in [1.82, 2.24) is 49.8 Å². The van der Waals surface area contributed by atoms with E-state index in [-0.39, 0.29) is 43.3 Å². The first-order valence-corrected chi connectivity index (χ1v) is 37.1. The normalized spacial score (nSPS) is 13.4. The summed E-state index contributed by atoms with van der Waals surface area (Å²) in [6.45, 7) is 55.4. The minimum Gasteiger partial charge on any atom is -0.354 e. The van der Waals surface area contributed by atoms with Gasteiger partial charge in [0.1, 0.15) is 56.6 Å². The van der Waals surface area contributed by atoms with E-state index in [4.69, 9.17) is 39.9 Å². The van der Waals surface area contributed by atoms with E-state index in [1.165, 1.54) is 44.5 Å². The first kappa shape index (κ1) is 69.6. The van der Waals surface area contributed by atoms with E-state index < -0.39 is 0 Å².